The molecule has 0 aliphatic heterocycles. The molecule has 0 saturated carbocycles. The van der Waals surface area contributed by atoms with E-state index < -0.39 is 0 Å². The first-order valence-corrected chi connectivity index (χ1v) is 5.46. The third kappa shape index (κ3) is 1.90. The molecular formula is C11H10BrNO2. The summed E-state index contributed by atoms with van der Waals surface area (Å²) in [6.07, 6.45) is 0. The number of halogens is 1. The van der Waals surface area contributed by atoms with E-state index in [0.29, 0.717) is 12.2 Å². The quantitative estimate of drug-likeness (QED) is 0.850. The average molecular weight is 268 g/mol. The highest BCUT2D eigenvalue weighted by atomic mass is 79.9. The molecule has 0 amide bonds. The van der Waals surface area contributed by atoms with Crippen LogP contribution in [0.15, 0.2) is 28.9 Å². The Hall–Kier alpha value is -1.29. The fourth-order valence-electron chi connectivity index (χ4n) is 1.50. The van der Waals surface area contributed by atoms with Crippen LogP contribution in [0.1, 0.15) is 17.3 Å². The van der Waals surface area contributed by atoms with Gasteiger partial charge in [0.1, 0.15) is 0 Å². The first kappa shape index (κ1) is 10.2. The van der Waals surface area contributed by atoms with Gasteiger partial charge in [0.15, 0.2) is 0 Å². The van der Waals surface area contributed by atoms with Gasteiger partial charge >= 0.3 is 5.97 Å². The van der Waals surface area contributed by atoms with E-state index >= 15 is 0 Å². The summed E-state index contributed by atoms with van der Waals surface area (Å²) in [6.45, 7) is 2.18. The Kier molecular flexibility index (Phi) is 2.77. The summed E-state index contributed by atoms with van der Waals surface area (Å²) < 4.78 is 5.83. The molecule has 1 aromatic heterocycles. The molecule has 0 saturated heterocycles. The molecule has 1 heterocycles. The fourth-order valence-corrected chi connectivity index (χ4v) is 1.95. The van der Waals surface area contributed by atoms with E-state index in [1.807, 2.05) is 18.2 Å². The van der Waals surface area contributed by atoms with Crippen LogP contribution in [0, 0.1) is 0 Å². The van der Waals surface area contributed by atoms with Crippen LogP contribution in [-0.4, -0.2) is 17.6 Å². The molecule has 2 rings (SSSR count). The summed E-state index contributed by atoms with van der Waals surface area (Å²) in [7, 11) is 0. The van der Waals surface area contributed by atoms with Crippen molar-refractivity contribution >= 4 is 32.8 Å². The molecule has 0 aliphatic carbocycles. The Morgan fingerprint density at radius 3 is 3.07 bits per heavy atom. The number of hydrogen-bond acceptors (Lipinski definition) is 2. The molecular weight excluding hydrogens is 258 g/mol. The second kappa shape index (κ2) is 4.06. The van der Waals surface area contributed by atoms with Gasteiger partial charge in [0.25, 0.3) is 0 Å². The van der Waals surface area contributed by atoms with Gasteiger partial charge in [-0.2, -0.15) is 0 Å². The number of rotatable bonds is 2. The highest BCUT2D eigenvalue weighted by molar-refractivity contribution is 9.10. The Bertz CT molecular complexity index is 504. The van der Waals surface area contributed by atoms with Crippen molar-refractivity contribution in [2.45, 2.75) is 6.92 Å². The van der Waals surface area contributed by atoms with E-state index in [2.05, 4.69) is 20.9 Å². The number of nitrogens with one attached hydrogen (secondary N) is 1. The molecule has 15 heavy (non-hydrogen) atoms. The van der Waals surface area contributed by atoms with Crippen LogP contribution >= 0.6 is 15.9 Å². The topological polar surface area (TPSA) is 42.1 Å². The summed E-state index contributed by atoms with van der Waals surface area (Å²) in [4.78, 5) is 14.7. The standard InChI is InChI=1S/C11H10BrNO2/c1-2-15-11(14)8-5-3-4-7-6-9(12)13-10(7)8/h3-6,13H,2H2,1H3. The van der Waals surface area contributed by atoms with Gasteiger partial charge in [-0.05, 0) is 35.0 Å². The first-order chi connectivity index (χ1) is 7.22. The average Bonchev–Trinajstić information content (AvgIpc) is 2.57. The van der Waals surface area contributed by atoms with Crippen LogP contribution in [0.3, 0.4) is 0 Å². The molecule has 4 heteroatoms. The van der Waals surface area contributed by atoms with Crippen molar-refractivity contribution in [2.75, 3.05) is 6.61 Å². The van der Waals surface area contributed by atoms with Crippen molar-refractivity contribution in [2.24, 2.45) is 0 Å². The highest BCUT2D eigenvalue weighted by Crippen LogP contribution is 2.22. The van der Waals surface area contributed by atoms with E-state index in [4.69, 9.17) is 4.74 Å². The number of carbonyl (C=O) groups excluding carboxylic acids is 1. The van der Waals surface area contributed by atoms with Crippen molar-refractivity contribution in [3.63, 3.8) is 0 Å². The lowest BCUT2D eigenvalue weighted by molar-refractivity contribution is 0.0528. The largest absolute Gasteiger partial charge is 0.462 e. The number of ether oxygens (including phenoxy) is 1. The number of fused-ring (bicyclic) bond motifs is 1. The highest BCUT2D eigenvalue weighted by Gasteiger charge is 2.12. The van der Waals surface area contributed by atoms with E-state index in [-0.39, 0.29) is 5.97 Å². The Balaban J connectivity index is 2.55. The predicted molar refractivity (Wildman–Crippen MR) is 62.0 cm³/mol. The summed E-state index contributed by atoms with van der Waals surface area (Å²) in [5.74, 6) is -0.294. The molecule has 0 radical (unpaired) electrons. The number of aromatic amines is 1. The maximum Gasteiger partial charge on any atom is 0.340 e. The number of carbonyl (C=O) groups is 1. The Labute approximate surface area is 95.6 Å². The maximum atomic E-state index is 11.6. The molecule has 0 unspecified atom stereocenters. The maximum absolute atomic E-state index is 11.6. The van der Waals surface area contributed by atoms with Crippen LogP contribution in [0.4, 0.5) is 0 Å². The zero-order valence-corrected chi connectivity index (χ0v) is 9.80. The number of H-pyrrole nitrogens is 1. The van der Waals surface area contributed by atoms with Crippen LogP contribution < -0.4 is 0 Å². The third-order valence-electron chi connectivity index (χ3n) is 2.12. The summed E-state index contributed by atoms with van der Waals surface area (Å²) in [5, 5.41) is 0.993. The molecule has 0 atom stereocenters. The molecule has 0 fully saturated rings. The minimum atomic E-state index is -0.294. The fraction of sp³-hybridized carbons (Fsp3) is 0.182. The van der Waals surface area contributed by atoms with Crippen molar-refractivity contribution in [1.82, 2.24) is 4.98 Å². The van der Waals surface area contributed by atoms with E-state index in [9.17, 15) is 4.79 Å². The van der Waals surface area contributed by atoms with E-state index in [1.54, 1.807) is 13.0 Å². The monoisotopic (exact) mass is 267 g/mol. The summed E-state index contributed by atoms with van der Waals surface area (Å²) in [6, 6.07) is 7.47. The number of hydrogen-bond donors (Lipinski definition) is 1. The van der Waals surface area contributed by atoms with E-state index in [1.165, 1.54) is 0 Å². The van der Waals surface area contributed by atoms with Gasteiger partial charge in [-0.15, -0.1) is 0 Å². The van der Waals surface area contributed by atoms with Crippen molar-refractivity contribution in [1.29, 1.82) is 0 Å². The number of benzene rings is 1. The van der Waals surface area contributed by atoms with Gasteiger partial charge in [0.2, 0.25) is 0 Å². The van der Waals surface area contributed by atoms with Crippen molar-refractivity contribution in [3.05, 3.63) is 34.4 Å². The van der Waals surface area contributed by atoms with Crippen molar-refractivity contribution in [3.8, 4) is 0 Å². The minimum Gasteiger partial charge on any atom is -0.462 e. The zero-order chi connectivity index (χ0) is 10.8. The molecule has 0 aliphatic rings. The van der Waals surface area contributed by atoms with Crippen LogP contribution in [-0.2, 0) is 4.74 Å². The Morgan fingerprint density at radius 2 is 2.33 bits per heavy atom. The smallest absolute Gasteiger partial charge is 0.340 e. The van der Waals surface area contributed by atoms with Gasteiger partial charge in [-0.3, -0.25) is 0 Å². The number of para-hydroxylation sites is 1. The first-order valence-electron chi connectivity index (χ1n) is 4.66. The normalized spacial score (nSPS) is 10.5. The van der Waals surface area contributed by atoms with Crippen molar-refractivity contribution < 1.29 is 9.53 Å². The lowest BCUT2D eigenvalue weighted by Crippen LogP contribution is -2.05. The van der Waals surface area contributed by atoms with E-state index in [0.717, 1.165) is 15.5 Å². The molecule has 2 aromatic rings. The van der Waals surface area contributed by atoms with Gasteiger partial charge in [-0.1, -0.05) is 12.1 Å². The molecule has 1 aromatic carbocycles. The van der Waals surface area contributed by atoms with Gasteiger partial charge in [-0.25, -0.2) is 4.79 Å². The second-order valence-corrected chi connectivity index (χ2v) is 3.96. The lowest BCUT2D eigenvalue weighted by atomic mass is 10.1. The summed E-state index contributed by atoms with van der Waals surface area (Å²) >= 11 is 3.34. The number of aromatic nitrogens is 1. The van der Waals surface area contributed by atoms with Crippen LogP contribution in [0.5, 0.6) is 0 Å². The Morgan fingerprint density at radius 1 is 1.53 bits per heavy atom. The molecule has 3 nitrogen and oxygen atoms in total. The minimum absolute atomic E-state index is 0.294. The molecule has 0 spiro atoms. The van der Waals surface area contributed by atoms with Gasteiger partial charge in [0.05, 0.1) is 22.3 Å². The number of esters is 1. The molecule has 0 bridgehead atoms. The second-order valence-electron chi connectivity index (χ2n) is 3.11. The third-order valence-corrected chi connectivity index (χ3v) is 2.55. The molecule has 1 N–H and O–H groups in total. The van der Waals surface area contributed by atoms with Gasteiger partial charge in [0, 0.05) is 5.39 Å². The zero-order valence-electron chi connectivity index (χ0n) is 8.21. The predicted octanol–water partition coefficient (Wildman–Crippen LogP) is 3.11. The summed E-state index contributed by atoms with van der Waals surface area (Å²) in [5.41, 5.74) is 1.38. The SMILES string of the molecule is CCOC(=O)c1cccc2cc(Br)[nH]c12. The van der Waals surface area contributed by atoms with Crippen LogP contribution in [0.25, 0.3) is 10.9 Å². The van der Waals surface area contributed by atoms with Crippen LogP contribution in [0.2, 0.25) is 0 Å². The lowest BCUT2D eigenvalue weighted by Gasteiger charge is -2.02. The molecule has 78 valence electrons. The van der Waals surface area contributed by atoms with Gasteiger partial charge < -0.3 is 9.72 Å².